The Balaban J connectivity index is 0. The van der Waals surface area contributed by atoms with Crippen molar-refractivity contribution in [2.75, 3.05) is 0 Å². The maximum absolute atomic E-state index is 10.9. The molecule has 0 aromatic rings. The van der Waals surface area contributed by atoms with Gasteiger partial charge in [-0.3, -0.25) is 4.79 Å². The predicted octanol–water partition coefficient (Wildman–Crippen LogP) is 1.62. The summed E-state index contributed by atoms with van der Waals surface area (Å²) in [4.78, 5) is 10.9. The average Bonchev–Trinajstić information content (AvgIpc) is 1.83. The van der Waals surface area contributed by atoms with Gasteiger partial charge in [0.25, 0.3) is 0 Å². The van der Waals surface area contributed by atoms with Crippen LogP contribution in [0.3, 0.4) is 0 Å². The molecule has 1 N–H and O–H groups in total. The zero-order valence-electron chi connectivity index (χ0n) is 8.06. The average molecular weight is 185 g/mol. The van der Waals surface area contributed by atoms with Crippen LogP contribution >= 0.6 is 0 Å². The predicted molar refractivity (Wildman–Crippen MR) is 54.0 cm³/mol. The number of carboxylic acids is 1. The molecule has 12 heavy (non-hydrogen) atoms. The summed E-state index contributed by atoms with van der Waals surface area (Å²) < 4.78 is 0. The molecule has 0 rings (SSSR count). The molecule has 0 aromatic heterocycles. The highest BCUT2D eigenvalue weighted by atomic mass is 24.3. The number of carbonyl (C=O) groups is 1. The van der Waals surface area contributed by atoms with Crippen molar-refractivity contribution >= 4 is 29.0 Å². The topological polar surface area (TPSA) is 37.3 Å². The summed E-state index contributed by atoms with van der Waals surface area (Å²) in [5, 5.41) is 8.97. The van der Waals surface area contributed by atoms with Gasteiger partial charge in [0.2, 0.25) is 0 Å². The molecule has 0 aliphatic carbocycles. The number of hydrogen-bond donors (Lipinski definition) is 1. The molecule has 0 amide bonds. The Hall–Kier alpha value is 0.236. The fraction of sp³-hybridized carbons (Fsp3) is 0.889. The first kappa shape index (κ1) is 14.7. The van der Waals surface area contributed by atoms with E-state index >= 15 is 0 Å². The zero-order chi connectivity index (χ0) is 9.28. The molecule has 1 unspecified atom stereocenters. The van der Waals surface area contributed by atoms with Crippen LogP contribution in [0.15, 0.2) is 0 Å². The van der Waals surface area contributed by atoms with E-state index in [0.717, 1.165) is 0 Å². The first-order valence-corrected chi connectivity index (χ1v) is 3.99. The van der Waals surface area contributed by atoms with Gasteiger partial charge in [0.15, 0.2) is 0 Å². The first-order chi connectivity index (χ1) is 4.75. The molecule has 0 bridgehead atoms. The van der Waals surface area contributed by atoms with Crippen molar-refractivity contribution in [1.29, 1.82) is 0 Å². The van der Waals surface area contributed by atoms with Crippen molar-refractivity contribution in [2.45, 2.75) is 41.0 Å². The number of hydrogen-bond acceptors (Lipinski definition) is 1. The van der Waals surface area contributed by atoms with E-state index < -0.39 is 11.4 Å². The lowest BCUT2D eigenvalue weighted by molar-refractivity contribution is -0.154. The van der Waals surface area contributed by atoms with Crippen LogP contribution < -0.4 is 0 Å². The molecule has 0 aromatic carbocycles. The summed E-state index contributed by atoms with van der Waals surface area (Å²) in [6.45, 7) is 9.61. The Morgan fingerprint density at radius 1 is 1.25 bits per heavy atom. The summed E-state index contributed by atoms with van der Waals surface area (Å²) in [6.07, 6.45) is 0.672. The van der Waals surface area contributed by atoms with E-state index in [9.17, 15) is 4.79 Å². The van der Waals surface area contributed by atoms with Crippen LogP contribution in [0.2, 0.25) is 0 Å². The Bertz CT molecular complexity index is 160. The SMILES string of the molecule is CCC(C)(C(=O)O)C(C)(C)C.[MgH2]. The van der Waals surface area contributed by atoms with Gasteiger partial charge in [0, 0.05) is 0 Å². The fourth-order valence-electron chi connectivity index (χ4n) is 1.00. The standard InChI is InChI=1S/C9H18O2.Mg.2H/c1-6-9(5,7(10)11)8(2,3)4;;;/h6H2,1-5H3,(H,10,11);;;. The monoisotopic (exact) mass is 184 g/mol. The lowest BCUT2D eigenvalue weighted by Gasteiger charge is -2.37. The molecule has 0 spiro atoms. The van der Waals surface area contributed by atoms with Crippen LogP contribution in [0.5, 0.6) is 0 Å². The molecule has 70 valence electrons. The highest BCUT2D eigenvalue weighted by Gasteiger charge is 2.42. The van der Waals surface area contributed by atoms with E-state index in [2.05, 4.69) is 0 Å². The summed E-state index contributed by atoms with van der Waals surface area (Å²) in [5.41, 5.74) is -0.777. The van der Waals surface area contributed by atoms with Crippen molar-refractivity contribution in [3.63, 3.8) is 0 Å². The fourth-order valence-corrected chi connectivity index (χ4v) is 1.00. The smallest absolute Gasteiger partial charge is 0.316 e. The van der Waals surface area contributed by atoms with Crippen LogP contribution in [0, 0.1) is 10.8 Å². The van der Waals surface area contributed by atoms with Gasteiger partial charge < -0.3 is 5.11 Å². The van der Waals surface area contributed by atoms with Crippen molar-refractivity contribution in [3.8, 4) is 0 Å². The summed E-state index contributed by atoms with van der Waals surface area (Å²) >= 11 is 0. The second-order valence-corrected chi connectivity index (χ2v) is 4.24. The zero-order valence-corrected chi connectivity index (χ0v) is 8.06. The van der Waals surface area contributed by atoms with E-state index in [4.69, 9.17) is 5.11 Å². The summed E-state index contributed by atoms with van der Waals surface area (Å²) in [5.74, 6) is -0.701. The second kappa shape index (κ2) is 4.47. The molecule has 0 saturated heterocycles. The van der Waals surface area contributed by atoms with Crippen molar-refractivity contribution in [3.05, 3.63) is 0 Å². The quantitative estimate of drug-likeness (QED) is 0.663. The third-order valence-electron chi connectivity index (χ3n) is 2.83. The third-order valence-corrected chi connectivity index (χ3v) is 2.83. The summed E-state index contributed by atoms with van der Waals surface area (Å²) in [7, 11) is 0. The second-order valence-electron chi connectivity index (χ2n) is 4.24. The third kappa shape index (κ3) is 2.63. The number of aliphatic carboxylic acids is 1. The first-order valence-electron chi connectivity index (χ1n) is 3.99. The molecule has 0 aliphatic rings. The maximum Gasteiger partial charge on any atom is 0.316 e. The van der Waals surface area contributed by atoms with E-state index in [0.29, 0.717) is 6.42 Å². The van der Waals surface area contributed by atoms with Crippen molar-refractivity contribution in [2.24, 2.45) is 10.8 Å². The van der Waals surface area contributed by atoms with Crippen molar-refractivity contribution in [1.82, 2.24) is 0 Å². The van der Waals surface area contributed by atoms with Crippen LogP contribution in [0.1, 0.15) is 41.0 Å². The van der Waals surface area contributed by atoms with Gasteiger partial charge in [0.1, 0.15) is 0 Å². The molecule has 0 heterocycles. The number of carboxylic acid groups (broad SMARTS) is 1. The van der Waals surface area contributed by atoms with E-state index in [1.54, 1.807) is 6.92 Å². The molecular formula is C9H20MgO2. The Labute approximate surface area is 90.9 Å². The van der Waals surface area contributed by atoms with Crippen LogP contribution in [0.25, 0.3) is 0 Å². The lowest BCUT2D eigenvalue weighted by atomic mass is 9.66. The minimum Gasteiger partial charge on any atom is -0.481 e. The van der Waals surface area contributed by atoms with Gasteiger partial charge in [-0.2, -0.15) is 0 Å². The van der Waals surface area contributed by atoms with E-state index in [-0.39, 0.29) is 28.5 Å². The van der Waals surface area contributed by atoms with Crippen LogP contribution in [-0.4, -0.2) is 34.1 Å². The van der Waals surface area contributed by atoms with Gasteiger partial charge in [0.05, 0.1) is 5.41 Å². The normalized spacial score (nSPS) is 16.1. The number of rotatable bonds is 2. The lowest BCUT2D eigenvalue weighted by Crippen LogP contribution is -2.39. The molecule has 3 heteroatoms. The van der Waals surface area contributed by atoms with Crippen molar-refractivity contribution < 1.29 is 9.90 Å². The Morgan fingerprint density at radius 3 is 1.58 bits per heavy atom. The molecule has 2 nitrogen and oxygen atoms in total. The van der Waals surface area contributed by atoms with Crippen LogP contribution in [0.4, 0.5) is 0 Å². The molecule has 0 saturated carbocycles. The molecular weight excluding hydrogens is 164 g/mol. The highest BCUT2D eigenvalue weighted by molar-refractivity contribution is 5.75. The molecule has 0 radical (unpaired) electrons. The van der Waals surface area contributed by atoms with Gasteiger partial charge in [-0.25, -0.2) is 0 Å². The molecule has 1 atom stereocenters. The molecule has 0 aliphatic heterocycles. The van der Waals surface area contributed by atoms with Gasteiger partial charge in [-0.1, -0.05) is 27.7 Å². The van der Waals surface area contributed by atoms with Gasteiger partial charge >= 0.3 is 29.0 Å². The van der Waals surface area contributed by atoms with Gasteiger partial charge in [-0.05, 0) is 18.8 Å². The minimum absolute atomic E-state index is 0. The van der Waals surface area contributed by atoms with E-state index in [1.807, 2.05) is 27.7 Å². The molecule has 0 fully saturated rings. The minimum atomic E-state index is -0.701. The highest BCUT2D eigenvalue weighted by Crippen LogP contribution is 2.41. The largest absolute Gasteiger partial charge is 0.481 e. The Morgan fingerprint density at radius 2 is 1.58 bits per heavy atom. The van der Waals surface area contributed by atoms with Gasteiger partial charge in [-0.15, -0.1) is 0 Å². The maximum atomic E-state index is 10.9. The summed E-state index contributed by atoms with van der Waals surface area (Å²) in [6, 6.07) is 0. The Kier molecular flexibility index (Phi) is 5.49. The van der Waals surface area contributed by atoms with Crippen LogP contribution in [-0.2, 0) is 4.79 Å². The van der Waals surface area contributed by atoms with E-state index in [1.165, 1.54) is 0 Å².